The quantitative estimate of drug-likeness (QED) is 0.619. The molecular weight excluding hydrogens is 292 g/mol. The number of hydrogen-bond donors (Lipinski definition) is 0. The first-order valence-electron chi connectivity index (χ1n) is 6.41. The Morgan fingerprint density at radius 1 is 1.55 bits per heavy atom. The summed E-state index contributed by atoms with van der Waals surface area (Å²) in [5.74, 6) is 1.04. The maximum absolute atomic E-state index is 11.6. The summed E-state index contributed by atoms with van der Waals surface area (Å²) in [6.45, 7) is 4.09. The zero-order chi connectivity index (χ0) is 14.5. The molecule has 0 bridgehead atoms. The minimum Gasteiger partial charge on any atom is -0.490 e. The lowest BCUT2D eigenvalue weighted by Crippen LogP contribution is -2.22. The van der Waals surface area contributed by atoms with Gasteiger partial charge in [0.2, 0.25) is 0 Å². The lowest BCUT2D eigenvalue weighted by molar-refractivity contribution is -0.123. The molecule has 2 rings (SSSR count). The number of carbonyl (C=O) groups is 1. The topological polar surface area (TPSA) is 41.9 Å². The number of amides is 1. The van der Waals surface area contributed by atoms with Crippen molar-refractivity contribution in [1.82, 2.24) is 5.01 Å². The number of hydrogen-bond acceptors (Lipinski definition) is 5. The predicted octanol–water partition coefficient (Wildman–Crippen LogP) is 3.06. The Balaban J connectivity index is 2.16. The lowest BCUT2D eigenvalue weighted by atomic mass is 10.2. The molecule has 0 aliphatic carbocycles. The molecule has 0 saturated carbocycles. The second-order valence-corrected chi connectivity index (χ2v) is 5.99. The fourth-order valence-electron chi connectivity index (χ4n) is 1.57. The van der Waals surface area contributed by atoms with Crippen molar-refractivity contribution in [3.63, 3.8) is 0 Å². The summed E-state index contributed by atoms with van der Waals surface area (Å²) >= 11 is 6.41. The molecule has 1 aliphatic rings. The summed E-state index contributed by atoms with van der Waals surface area (Å²) in [6, 6.07) is 7.62. The highest BCUT2D eigenvalue weighted by Crippen LogP contribution is 2.21. The summed E-state index contributed by atoms with van der Waals surface area (Å²) in [5.41, 5.74) is 0.834. The van der Waals surface area contributed by atoms with Crippen LogP contribution in [-0.2, 0) is 4.79 Å². The molecule has 4 nitrogen and oxygen atoms in total. The standard InChI is InChI=1S/C14H16N2O2S2/c1-3-10(2)18-12-7-5-4-6-11(12)8-15-16-13(17)9-20-14(16)19/h4-8,10H,3,9H2,1-2H3/b15-8+/t10-/m0/s1. The smallest absolute Gasteiger partial charge is 0.259 e. The van der Waals surface area contributed by atoms with Gasteiger partial charge in [-0.1, -0.05) is 43.0 Å². The van der Waals surface area contributed by atoms with Crippen molar-refractivity contribution in [2.75, 3.05) is 5.75 Å². The van der Waals surface area contributed by atoms with Gasteiger partial charge in [0.05, 0.1) is 18.1 Å². The van der Waals surface area contributed by atoms with Gasteiger partial charge in [-0.05, 0) is 25.5 Å². The van der Waals surface area contributed by atoms with E-state index >= 15 is 0 Å². The first-order valence-corrected chi connectivity index (χ1v) is 7.80. The summed E-state index contributed by atoms with van der Waals surface area (Å²) < 4.78 is 6.32. The molecule has 1 aromatic carbocycles. The second-order valence-electron chi connectivity index (χ2n) is 4.38. The van der Waals surface area contributed by atoms with Crippen molar-refractivity contribution in [1.29, 1.82) is 0 Å². The van der Waals surface area contributed by atoms with Gasteiger partial charge in [-0.25, -0.2) is 0 Å². The molecule has 1 aromatic rings. The molecule has 0 spiro atoms. The third kappa shape index (κ3) is 3.58. The van der Waals surface area contributed by atoms with E-state index < -0.39 is 0 Å². The molecule has 1 aliphatic heterocycles. The van der Waals surface area contributed by atoms with Crippen LogP contribution in [0.4, 0.5) is 0 Å². The molecular formula is C14H16N2O2S2. The van der Waals surface area contributed by atoms with E-state index in [0.29, 0.717) is 10.1 Å². The van der Waals surface area contributed by atoms with Gasteiger partial charge >= 0.3 is 0 Å². The van der Waals surface area contributed by atoms with Crippen molar-refractivity contribution in [2.45, 2.75) is 26.4 Å². The van der Waals surface area contributed by atoms with Crippen LogP contribution >= 0.6 is 24.0 Å². The molecule has 0 radical (unpaired) electrons. The number of carbonyl (C=O) groups excluding carboxylic acids is 1. The second kappa shape index (κ2) is 6.85. The lowest BCUT2D eigenvalue weighted by Gasteiger charge is -2.14. The fraction of sp³-hybridized carbons (Fsp3) is 0.357. The highest BCUT2D eigenvalue weighted by molar-refractivity contribution is 8.23. The van der Waals surface area contributed by atoms with Crippen LogP contribution < -0.4 is 4.74 Å². The molecule has 1 saturated heterocycles. The molecule has 1 fully saturated rings. The SMILES string of the molecule is CC[C@H](C)Oc1ccccc1/C=N/N1C(=O)CSC1=S. The number of thioether (sulfide) groups is 1. The van der Waals surface area contributed by atoms with E-state index in [9.17, 15) is 4.79 Å². The molecule has 6 heteroatoms. The highest BCUT2D eigenvalue weighted by atomic mass is 32.2. The Bertz CT molecular complexity index is 530. The van der Waals surface area contributed by atoms with Gasteiger partial charge in [-0.15, -0.1) is 0 Å². The van der Waals surface area contributed by atoms with Crippen molar-refractivity contribution >= 4 is 40.4 Å². The van der Waals surface area contributed by atoms with E-state index in [2.05, 4.69) is 12.0 Å². The average molecular weight is 308 g/mol. The first kappa shape index (κ1) is 15.0. The predicted molar refractivity (Wildman–Crippen MR) is 86.3 cm³/mol. The van der Waals surface area contributed by atoms with E-state index in [0.717, 1.165) is 17.7 Å². The zero-order valence-corrected chi connectivity index (χ0v) is 13.0. The average Bonchev–Trinajstić information content (AvgIpc) is 2.77. The summed E-state index contributed by atoms with van der Waals surface area (Å²) in [6.07, 6.45) is 2.68. The number of ether oxygens (including phenoxy) is 1. The third-order valence-electron chi connectivity index (χ3n) is 2.86. The number of hydrazone groups is 1. The van der Waals surface area contributed by atoms with Crippen molar-refractivity contribution in [2.24, 2.45) is 5.10 Å². The summed E-state index contributed by atoms with van der Waals surface area (Å²) in [7, 11) is 0. The highest BCUT2D eigenvalue weighted by Gasteiger charge is 2.26. The minimum atomic E-state index is -0.0865. The number of para-hydroxylation sites is 1. The first-order chi connectivity index (χ1) is 9.61. The van der Waals surface area contributed by atoms with Gasteiger partial charge < -0.3 is 4.74 Å². The Morgan fingerprint density at radius 2 is 2.30 bits per heavy atom. The van der Waals surface area contributed by atoms with Gasteiger partial charge in [0.25, 0.3) is 5.91 Å². The Morgan fingerprint density at radius 3 is 2.95 bits per heavy atom. The van der Waals surface area contributed by atoms with Crippen LogP contribution in [0.15, 0.2) is 29.4 Å². The Kier molecular flexibility index (Phi) is 5.14. The van der Waals surface area contributed by atoms with Crippen LogP contribution in [0.1, 0.15) is 25.8 Å². The molecule has 20 heavy (non-hydrogen) atoms. The number of thiocarbonyl (C=S) groups is 1. The van der Waals surface area contributed by atoms with E-state index in [1.165, 1.54) is 16.8 Å². The number of rotatable bonds is 5. The Labute approximate surface area is 128 Å². The minimum absolute atomic E-state index is 0.0865. The molecule has 1 amide bonds. The van der Waals surface area contributed by atoms with Gasteiger partial charge in [0.1, 0.15) is 5.75 Å². The van der Waals surface area contributed by atoms with Gasteiger partial charge in [0.15, 0.2) is 4.32 Å². The summed E-state index contributed by atoms with van der Waals surface area (Å²) in [4.78, 5) is 11.6. The van der Waals surface area contributed by atoms with Crippen LogP contribution in [0, 0.1) is 0 Å². The van der Waals surface area contributed by atoms with E-state index in [4.69, 9.17) is 17.0 Å². The molecule has 106 valence electrons. The van der Waals surface area contributed by atoms with Crippen LogP contribution in [0.5, 0.6) is 5.75 Å². The number of nitrogens with zero attached hydrogens (tertiary/aromatic N) is 2. The van der Waals surface area contributed by atoms with Crippen LogP contribution in [0.3, 0.4) is 0 Å². The maximum atomic E-state index is 11.6. The molecule has 0 aromatic heterocycles. The van der Waals surface area contributed by atoms with Gasteiger partial charge in [-0.3, -0.25) is 4.79 Å². The Hall–Kier alpha value is -1.40. The molecule has 0 N–H and O–H groups in total. The monoisotopic (exact) mass is 308 g/mol. The van der Waals surface area contributed by atoms with Crippen LogP contribution in [0.25, 0.3) is 0 Å². The zero-order valence-electron chi connectivity index (χ0n) is 11.4. The van der Waals surface area contributed by atoms with Crippen molar-refractivity contribution in [3.05, 3.63) is 29.8 Å². The third-order valence-corrected chi connectivity index (χ3v) is 4.20. The van der Waals surface area contributed by atoms with Crippen molar-refractivity contribution < 1.29 is 9.53 Å². The van der Waals surface area contributed by atoms with E-state index in [1.54, 1.807) is 6.21 Å². The summed E-state index contributed by atoms with van der Waals surface area (Å²) in [5, 5.41) is 5.43. The van der Waals surface area contributed by atoms with Gasteiger partial charge in [0, 0.05) is 5.56 Å². The van der Waals surface area contributed by atoms with Crippen LogP contribution in [-0.4, -0.2) is 33.3 Å². The number of benzene rings is 1. The maximum Gasteiger partial charge on any atom is 0.259 e. The van der Waals surface area contributed by atoms with Crippen molar-refractivity contribution in [3.8, 4) is 5.75 Å². The van der Waals surface area contributed by atoms with E-state index in [1.807, 2.05) is 31.2 Å². The molecule has 1 heterocycles. The van der Waals surface area contributed by atoms with Gasteiger partial charge in [-0.2, -0.15) is 10.1 Å². The van der Waals surface area contributed by atoms with Crippen LogP contribution in [0.2, 0.25) is 0 Å². The molecule has 0 unspecified atom stereocenters. The largest absolute Gasteiger partial charge is 0.490 e. The normalized spacial score (nSPS) is 17.0. The van der Waals surface area contributed by atoms with E-state index in [-0.39, 0.29) is 12.0 Å². The molecule has 1 atom stereocenters. The fourth-order valence-corrected chi connectivity index (χ4v) is 2.54.